The molecule has 0 aliphatic carbocycles. The third kappa shape index (κ3) is 13.4. The molecule has 3 nitrogen and oxygen atoms in total. The molecule has 0 N–H and O–H groups in total. The molecule has 5 heteroatoms. The Morgan fingerprint density at radius 3 is 1.03 bits per heavy atom. The van der Waals surface area contributed by atoms with Crippen molar-refractivity contribution in [2.24, 2.45) is 0 Å². The van der Waals surface area contributed by atoms with Crippen LogP contribution >= 0.6 is 0 Å². The van der Waals surface area contributed by atoms with Crippen molar-refractivity contribution in [3.8, 4) is 0 Å². The topological polar surface area (TPSA) is 27.7 Å². The van der Waals surface area contributed by atoms with E-state index in [1.54, 1.807) is 0 Å². The van der Waals surface area contributed by atoms with E-state index >= 15 is 0 Å². The Balaban J connectivity index is 4.51. The van der Waals surface area contributed by atoms with Crippen molar-refractivity contribution in [2.75, 3.05) is 13.2 Å². The van der Waals surface area contributed by atoms with Gasteiger partial charge in [-0.25, -0.2) is 0 Å². The number of rotatable bonds is 22. The van der Waals surface area contributed by atoms with Gasteiger partial charge in [0, 0.05) is 13.2 Å². The molecule has 0 saturated carbocycles. The first-order chi connectivity index (χ1) is 14.1. The zero-order chi connectivity index (χ0) is 21.8. The van der Waals surface area contributed by atoms with E-state index in [0.717, 1.165) is 37.4 Å². The lowest BCUT2D eigenvalue weighted by molar-refractivity contribution is 0.176. The molecule has 0 spiro atoms. The third-order valence-electron chi connectivity index (χ3n) is 6.25. The van der Waals surface area contributed by atoms with Gasteiger partial charge in [-0.1, -0.05) is 106 Å². The Kier molecular flexibility index (Phi) is 19.2. The molecule has 0 aliphatic heterocycles. The highest BCUT2D eigenvalue weighted by Crippen LogP contribution is 2.29. The standard InChI is InChI=1S/C24H54O3Si2/c1-7-13-15-17-19-21-23-25-28(9-3,10-4)27-29(11-5,12-6)26-24-22-20-18-16-14-8-2/h7-24H2,1-6H3. The van der Waals surface area contributed by atoms with Gasteiger partial charge in [0.15, 0.2) is 0 Å². The second kappa shape index (κ2) is 19.0. The van der Waals surface area contributed by atoms with Crippen LogP contribution in [0.4, 0.5) is 0 Å². The Hall–Kier alpha value is 0.314. The van der Waals surface area contributed by atoms with Crippen molar-refractivity contribution in [1.82, 2.24) is 0 Å². The van der Waals surface area contributed by atoms with E-state index in [2.05, 4.69) is 41.5 Å². The summed E-state index contributed by atoms with van der Waals surface area (Å²) in [6, 6.07) is 4.14. The van der Waals surface area contributed by atoms with E-state index in [1.165, 1.54) is 77.0 Å². The minimum absolute atomic E-state index is 0.870. The van der Waals surface area contributed by atoms with Crippen LogP contribution in [0.2, 0.25) is 24.2 Å². The summed E-state index contributed by atoms with van der Waals surface area (Å²) < 4.78 is 20.0. The smallest absolute Gasteiger partial charge is 0.328 e. The minimum atomic E-state index is -2.15. The SMILES string of the molecule is CCCCCCCCO[Si](CC)(CC)O[Si](CC)(CC)OCCCCCCCC. The van der Waals surface area contributed by atoms with Crippen LogP contribution in [0.1, 0.15) is 119 Å². The van der Waals surface area contributed by atoms with E-state index in [9.17, 15) is 0 Å². The molecule has 0 aromatic rings. The molecule has 0 atom stereocenters. The number of hydrogen-bond donors (Lipinski definition) is 0. The van der Waals surface area contributed by atoms with E-state index in [0.29, 0.717) is 0 Å². The molecule has 0 saturated heterocycles. The van der Waals surface area contributed by atoms with Crippen molar-refractivity contribution >= 4 is 17.1 Å². The minimum Gasteiger partial charge on any atom is -0.414 e. The lowest BCUT2D eigenvalue weighted by atomic mass is 10.1. The Morgan fingerprint density at radius 1 is 0.414 bits per heavy atom. The lowest BCUT2D eigenvalue weighted by Gasteiger charge is -2.39. The van der Waals surface area contributed by atoms with Crippen LogP contribution in [-0.2, 0) is 13.0 Å². The van der Waals surface area contributed by atoms with Crippen LogP contribution in [0.15, 0.2) is 0 Å². The van der Waals surface area contributed by atoms with Gasteiger partial charge in [-0.05, 0) is 37.0 Å². The summed E-state index contributed by atoms with van der Waals surface area (Å²) in [5.74, 6) is 0. The molecule has 0 rings (SSSR count). The predicted octanol–water partition coefficient (Wildman–Crippen LogP) is 8.72. The molecule has 0 bridgehead atoms. The van der Waals surface area contributed by atoms with Gasteiger partial charge in [0.2, 0.25) is 0 Å². The van der Waals surface area contributed by atoms with Crippen LogP contribution in [0.3, 0.4) is 0 Å². The monoisotopic (exact) mass is 446 g/mol. The maximum atomic E-state index is 6.95. The predicted molar refractivity (Wildman–Crippen MR) is 133 cm³/mol. The maximum Gasteiger partial charge on any atom is 0.328 e. The summed E-state index contributed by atoms with van der Waals surface area (Å²) in [5, 5.41) is 0. The molecule has 0 unspecified atom stereocenters. The maximum absolute atomic E-state index is 6.95. The molecule has 0 radical (unpaired) electrons. The fourth-order valence-electron chi connectivity index (χ4n) is 3.88. The first-order valence-electron chi connectivity index (χ1n) is 13.1. The molecule has 29 heavy (non-hydrogen) atoms. The highest BCUT2D eigenvalue weighted by atomic mass is 28.5. The summed E-state index contributed by atoms with van der Waals surface area (Å²) in [6.07, 6.45) is 15.7. The van der Waals surface area contributed by atoms with Gasteiger partial charge in [-0.2, -0.15) is 0 Å². The summed E-state index contributed by atoms with van der Waals surface area (Å²) >= 11 is 0. The molecular weight excluding hydrogens is 392 g/mol. The molecule has 0 aliphatic rings. The van der Waals surface area contributed by atoms with Crippen molar-refractivity contribution < 1.29 is 13.0 Å². The van der Waals surface area contributed by atoms with Crippen molar-refractivity contribution in [3.63, 3.8) is 0 Å². The Bertz CT molecular complexity index is 313. The third-order valence-corrected chi connectivity index (χ3v) is 15.0. The lowest BCUT2D eigenvalue weighted by Crippen LogP contribution is -2.54. The second-order valence-corrected chi connectivity index (χ2v) is 16.4. The van der Waals surface area contributed by atoms with Crippen molar-refractivity contribution in [3.05, 3.63) is 0 Å². The van der Waals surface area contributed by atoms with Gasteiger partial charge >= 0.3 is 17.1 Å². The molecule has 0 fully saturated rings. The molecule has 0 amide bonds. The van der Waals surface area contributed by atoms with Crippen LogP contribution in [-0.4, -0.2) is 30.3 Å². The number of hydrogen-bond acceptors (Lipinski definition) is 3. The van der Waals surface area contributed by atoms with Gasteiger partial charge in [0.25, 0.3) is 0 Å². The van der Waals surface area contributed by atoms with Crippen LogP contribution in [0.25, 0.3) is 0 Å². The van der Waals surface area contributed by atoms with E-state index in [-0.39, 0.29) is 0 Å². The zero-order valence-corrected chi connectivity index (χ0v) is 23.0. The molecule has 0 aromatic heterocycles. The van der Waals surface area contributed by atoms with Crippen LogP contribution in [0, 0.1) is 0 Å². The first-order valence-corrected chi connectivity index (χ1v) is 17.5. The van der Waals surface area contributed by atoms with Gasteiger partial charge in [-0.3, -0.25) is 0 Å². The van der Waals surface area contributed by atoms with E-state index in [4.69, 9.17) is 13.0 Å². The fraction of sp³-hybridized carbons (Fsp3) is 1.00. The highest BCUT2D eigenvalue weighted by molar-refractivity contribution is 6.81. The Labute approximate surface area is 186 Å². The summed E-state index contributed by atoms with van der Waals surface area (Å²) in [4.78, 5) is 0. The molecular formula is C24H54O3Si2. The number of unbranched alkanes of at least 4 members (excludes halogenated alkanes) is 10. The first kappa shape index (κ1) is 29.3. The normalized spacial score (nSPS) is 12.6. The van der Waals surface area contributed by atoms with Gasteiger partial charge < -0.3 is 13.0 Å². The highest BCUT2D eigenvalue weighted by Gasteiger charge is 2.45. The van der Waals surface area contributed by atoms with Crippen molar-refractivity contribution in [2.45, 2.75) is 143 Å². The fourth-order valence-corrected chi connectivity index (χ4v) is 12.2. The van der Waals surface area contributed by atoms with Gasteiger partial charge in [0.1, 0.15) is 0 Å². The molecule has 176 valence electrons. The average Bonchev–Trinajstić information content (AvgIpc) is 2.76. The largest absolute Gasteiger partial charge is 0.414 e. The summed E-state index contributed by atoms with van der Waals surface area (Å²) in [5.41, 5.74) is 0. The van der Waals surface area contributed by atoms with E-state index < -0.39 is 17.1 Å². The van der Waals surface area contributed by atoms with Crippen LogP contribution < -0.4 is 0 Å². The second-order valence-electron chi connectivity index (χ2n) is 8.57. The van der Waals surface area contributed by atoms with Gasteiger partial charge in [0.05, 0.1) is 0 Å². The van der Waals surface area contributed by atoms with E-state index in [1.807, 2.05) is 0 Å². The molecule has 0 heterocycles. The summed E-state index contributed by atoms with van der Waals surface area (Å²) in [7, 11) is -4.29. The quantitative estimate of drug-likeness (QED) is 0.123. The van der Waals surface area contributed by atoms with Crippen LogP contribution in [0.5, 0.6) is 0 Å². The van der Waals surface area contributed by atoms with Gasteiger partial charge in [-0.15, -0.1) is 0 Å². The zero-order valence-electron chi connectivity index (χ0n) is 21.0. The molecule has 0 aromatic carbocycles. The Morgan fingerprint density at radius 2 is 0.724 bits per heavy atom. The summed E-state index contributed by atoms with van der Waals surface area (Å²) in [6.45, 7) is 15.3. The van der Waals surface area contributed by atoms with Crippen molar-refractivity contribution in [1.29, 1.82) is 0 Å². The average molecular weight is 447 g/mol.